The number of thiocarbonyl (C=S) groups is 1. The van der Waals surface area contributed by atoms with E-state index in [0.717, 1.165) is 5.56 Å². The first-order chi connectivity index (χ1) is 7.24. The summed E-state index contributed by atoms with van der Waals surface area (Å²) >= 11 is 5.00. The second-order valence-corrected chi connectivity index (χ2v) is 3.16. The molecule has 0 fully saturated rings. The van der Waals surface area contributed by atoms with E-state index in [9.17, 15) is 4.79 Å². The minimum absolute atomic E-state index is 0.125. The van der Waals surface area contributed by atoms with Crippen LogP contribution in [0, 0.1) is 0 Å². The monoisotopic (exact) mass is 224 g/mol. The van der Waals surface area contributed by atoms with Gasteiger partial charge in [0.2, 0.25) is 6.79 Å². The largest absolute Gasteiger partial charge is 0.446 e. The molecule has 4 heteroatoms. The summed E-state index contributed by atoms with van der Waals surface area (Å²) < 4.78 is 9.82. The Morgan fingerprint density at radius 3 is 2.53 bits per heavy atom. The molecular weight excluding hydrogens is 212 g/mol. The van der Waals surface area contributed by atoms with Gasteiger partial charge in [0.15, 0.2) is 5.05 Å². The molecule has 0 atom stereocenters. The highest BCUT2D eigenvalue weighted by Gasteiger charge is 2.02. The molecule has 1 aromatic rings. The number of rotatable bonds is 4. The van der Waals surface area contributed by atoms with E-state index >= 15 is 0 Å². The SMILES string of the molecule is CCC(=O)OCOC(=S)c1ccccc1. The minimum Gasteiger partial charge on any atom is -0.446 e. The molecule has 80 valence electrons. The Kier molecular flexibility index (Phi) is 4.77. The zero-order chi connectivity index (χ0) is 11.1. The zero-order valence-electron chi connectivity index (χ0n) is 8.43. The number of benzene rings is 1. The zero-order valence-corrected chi connectivity index (χ0v) is 9.25. The molecule has 0 aliphatic carbocycles. The molecule has 0 aliphatic heterocycles. The fourth-order valence-corrected chi connectivity index (χ4v) is 1.09. The van der Waals surface area contributed by atoms with Gasteiger partial charge < -0.3 is 9.47 Å². The molecule has 0 amide bonds. The third kappa shape index (κ3) is 4.08. The molecule has 0 saturated heterocycles. The van der Waals surface area contributed by atoms with Gasteiger partial charge >= 0.3 is 5.97 Å². The summed E-state index contributed by atoms with van der Waals surface area (Å²) in [4.78, 5) is 10.8. The summed E-state index contributed by atoms with van der Waals surface area (Å²) in [5.74, 6) is -0.300. The van der Waals surface area contributed by atoms with Gasteiger partial charge in [0.1, 0.15) is 0 Å². The molecule has 0 bridgehead atoms. The molecule has 0 aliphatic rings. The molecule has 15 heavy (non-hydrogen) atoms. The van der Waals surface area contributed by atoms with Crippen LogP contribution in [-0.4, -0.2) is 17.8 Å². The van der Waals surface area contributed by atoms with Crippen molar-refractivity contribution in [2.75, 3.05) is 6.79 Å². The summed E-state index contributed by atoms with van der Waals surface area (Å²) in [5.41, 5.74) is 0.806. The van der Waals surface area contributed by atoms with E-state index in [1.807, 2.05) is 30.3 Å². The fourth-order valence-electron chi connectivity index (χ4n) is 0.908. The first-order valence-electron chi connectivity index (χ1n) is 4.62. The number of hydrogen-bond acceptors (Lipinski definition) is 4. The predicted molar refractivity (Wildman–Crippen MR) is 60.5 cm³/mol. The van der Waals surface area contributed by atoms with Gasteiger partial charge in [-0.15, -0.1) is 0 Å². The Balaban J connectivity index is 2.34. The highest BCUT2D eigenvalue weighted by Crippen LogP contribution is 2.02. The van der Waals surface area contributed by atoms with E-state index in [4.69, 9.17) is 21.7 Å². The minimum atomic E-state index is -0.300. The first kappa shape index (κ1) is 11.7. The van der Waals surface area contributed by atoms with Gasteiger partial charge in [-0.3, -0.25) is 4.79 Å². The Morgan fingerprint density at radius 1 is 1.27 bits per heavy atom. The van der Waals surface area contributed by atoms with Crippen molar-refractivity contribution < 1.29 is 14.3 Å². The summed E-state index contributed by atoms with van der Waals surface area (Å²) in [5, 5.41) is 0.333. The molecule has 0 aromatic heterocycles. The lowest BCUT2D eigenvalue weighted by atomic mass is 10.2. The van der Waals surface area contributed by atoms with Crippen LogP contribution < -0.4 is 0 Å². The quantitative estimate of drug-likeness (QED) is 0.446. The van der Waals surface area contributed by atoms with Crippen LogP contribution in [0.1, 0.15) is 18.9 Å². The van der Waals surface area contributed by atoms with E-state index in [1.165, 1.54) is 0 Å². The third-order valence-electron chi connectivity index (χ3n) is 1.71. The summed E-state index contributed by atoms with van der Waals surface area (Å²) in [6.07, 6.45) is 0.335. The highest BCUT2D eigenvalue weighted by atomic mass is 32.1. The maximum Gasteiger partial charge on any atom is 0.308 e. The van der Waals surface area contributed by atoms with Crippen molar-refractivity contribution in [1.82, 2.24) is 0 Å². The highest BCUT2D eigenvalue weighted by molar-refractivity contribution is 7.80. The molecular formula is C11H12O3S. The Labute approximate surface area is 94.0 Å². The maximum atomic E-state index is 10.8. The third-order valence-corrected chi connectivity index (χ3v) is 2.06. The van der Waals surface area contributed by atoms with E-state index in [2.05, 4.69) is 0 Å². The van der Waals surface area contributed by atoms with Crippen LogP contribution in [0.4, 0.5) is 0 Å². The standard InChI is InChI=1S/C11H12O3S/c1-2-10(12)13-8-14-11(15)9-6-4-3-5-7-9/h3-7H,2,8H2,1H3. The fraction of sp³-hybridized carbons (Fsp3) is 0.273. The van der Waals surface area contributed by atoms with E-state index in [1.54, 1.807) is 6.92 Å². The van der Waals surface area contributed by atoms with Crippen LogP contribution in [0.5, 0.6) is 0 Å². The number of hydrogen-bond donors (Lipinski definition) is 0. The Hall–Kier alpha value is -1.42. The first-order valence-corrected chi connectivity index (χ1v) is 5.02. The van der Waals surface area contributed by atoms with Gasteiger partial charge in [0.25, 0.3) is 0 Å². The van der Waals surface area contributed by atoms with Gasteiger partial charge in [-0.25, -0.2) is 0 Å². The van der Waals surface area contributed by atoms with E-state index in [0.29, 0.717) is 11.5 Å². The van der Waals surface area contributed by atoms with Crippen molar-refractivity contribution in [1.29, 1.82) is 0 Å². The van der Waals surface area contributed by atoms with E-state index in [-0.39, 0.29) is 12.8 Å². The molecule has 1 aromatic carbocycles. The second kappa shape index (κ2) is 6.14. The van der Waals surface area contributed by atoms with Crippen molar-refractivity contribution in [3.63, 3.8) is 0 Å². The van der Waals surface area contributed by atoms with Gasteiger partial charge in [-0.2, -0.15) is 0 Å². The smallest absolute Gasteiger partial charge is 0.308 e. The van der Waals surface area contributed by atoms with Gasteiger partial charge in [-0.05, 0) is 12.2 Å². The van der Waals surface area contributed by atoms with Crippen molar-refractivity contribution in [3.05, 3.63) is 35.9 Å². The van der Waals surface area contributed by atoms with Crippen molar-refractivity contribution >= 4 is 23.2 Å². The topological polar surface area (TPSA) is 35.5 Å². The Bertz CT molecular complexity index is 335. The number of esters is 1. The molecule has 0 radical (unpaired) electrons. The van der Waals surface area contributed by atoms with Crippen LogP contribution in [0.15, 0.2) is 30.3 Å². The molecule has 0 unspecified atom stereocenters. The van der Waals surface area contributed by atoms with Crippen LogP contribution >= 0.6 is 12.2 Å². The molecule has 1 rings (SSSR count). The molecule has 0 spiro atoms. The van der Waals surface area contributed by atoms with Gasteiger partial charge in [0, 0.05) is 12.0 Å². The van der Waals surface area contributed by atoms with Crippen molar-refractivity contribution in [2.24, 2.45) is 0 Å². The van der Waals surface area contributed by atoms with E-state index < -0.39 is 0 Å². The number of carbonyl (C=O) groups is 1. The second-order valence-electron chi connectivity index (χ2n) is 2.79. The summed E-state index contributed by atoms with van der Waals surface area (Å²) in [6, 6.07) is 9.29. The normalized spacial score (nSPS) is 9.40. The summed E-state index contributed by atoms with van der Waals surface area (Å²) in [6.45, 7) is 1.60. The lowest BCUT2D eigenvalue weighted by Crippen LogP contribution is -2.11. The number of carbonyl (C=O) groups excluding carboxylic acids is 1. The van der Waals surface area contributed by atoms with Crippen molar-refractivity contribution in [2.45, 2.75) is 13.3 Å². The maximum absolute atomic E-state index is 10.8. The molecule has 0 saturated carbocycles. The van der Waals surface area contributed by atoms with Crippen LogP contribution in [-0.2, 0) is 14.3 Å². The molecule has 0 N–H and O–H groups in total. The Morgan fingerprint density at radius 2 is 1.93 bits per heavy atom. The molecule has 3 nitrogen and oxygen atoms in total. The molecule has 0 heterocycles. The lowest BCUT2D eigenvalue weighted by Gasteiger charge is -2.07. The van der Waals surface area contributed by atoms with Gasteiger partial charge in [-0.1, -0.05) is 37.3 Å². The van der Waals surface area contributed by atoms with Gasteiger partial charge in [0.05, 0.1) is 0 Å². The average Bonchev–Trinajstić information content (AvgIpc) is 2.29. The predicted octanol–water partition coefficient (Wildman–Crippen LogP) is 2.29. The van der Waals surface area contributed by atoms with Crippen LogP contribution in [0.2, 0.25) is 0 Å². The van der Waals surface area contributed by atoms with Crippen molar-refractivity contribution in [3.8, 4) is 0 Å². The number of ether oxygens (including phenoxy) is 2. The summed E-state index contributed by atoms with van der Waals surface area (Å²) in [7, 11) is 0. The van der Waals surface area contributed by atoms with Crippen LogP contribution in [0.3, 0.4) is 0 Å². The average molecular weight is 224 g/mol. The van der Waals surface area contributed by atoms with Crippen LogP contribution in [0.25, 0.3) is 0 Å². The lowest BCUT2D eigenvalue weighted by molar-refractivity contribution is -0.150.